The molecule has 0 aliphatic carbocycles. The van der Waals surface area contributed by atoms with E-state index in [0.717, 1.165) is 24.5 Å². The molecule has 4 heteroatoms. The molecule has 23 heavy (non-hydrogen) atoms. The highest BCUT2D eigenvalue weighted by atomic mass is 35.5. The van der Waals surface area contributed by atoms with E-state index in [4.69, 9.17) is 17.3 Å². The first-order valence-corrected chi connectivity index (χ1v) is 8.43. The van der Waals surface area contributed by atoms with Crippen molar-refractivity contribution in [1.29, 1.82) is 0 Å². The van der Waals surface area contributed by atoms with E-state index in [2.05, 4.69) is 24.0 Å². The minimum absolute atomic E-state index is 0.178. The average molecular weight is 335 g/mol. The van der Waals surface area contributed by atoms with E-state index in [9.17, 15) is 4.39 Å². The van der Waals surface area contributed by atoms with Crippen LogP contribution in [0.5, 0.6) is 0 Å². The molecule has 0 spiro atoms. The Bertz CT molecular complexity index is 591. The maximum Gasteiger partial charge on any atom is 0.123 e. The van der Waals surface area contributed by atoms with Crippen LogP contribution in [-0.2, 0) is 0 Å². The van der Waals surface area contributed by atoms with E-state index >= 15 is 0 Å². The molecule has 2 unspecified atom stereocenters. The van der Waals surface area contributed by atoms with Crippen molar-refractivity contribution < 1.29 is 4.39 Å². The predicted octanol–water partition coefficient (Wildman–Crippen LogP) is 4.65. The summed E-state index contributed by atoms with van der Waals surface area (Å²) in [6, 6.07) is 16.1. The summed E-state index contributed by atoms with van der Waals surface area (Å²) in [5.41, 5.74) is 7.48. The smallest absolute Gasteiger partial charge is 0.123 e. The van der Waals surface area contributed by atoms with Gasteiger partial charge in [0, 0.05) is 11.6 Å². The Morgan fingerprint density at radius 3 is 2.43 bits per heavy atom. The third kappa shape index (κ3) is 5.61. The summed E-state index contributed by atoms with van der Waals surface area (Å²) in [5.74, 6) is 0.388. The summed E-state index contributed by atoms with van der Waals surface area (Å²) in [5, 5.41) is 0.823. The number of hydrogen-bond acceptors (Lipinski definition) is 2. The van der Waals surface area contributed by atoms with E-state index in [-0.39, 0.29) is 12.0 Å². The van der Waals surface area contributed by atoms with Crippen molar-refractivity contribution in [2.24, 2.45) is 5.73 Å². The van der Waals surface area contributed by atoms with E-state index in [1.54, 1.807) is 18.2 Å². The first-order valence-electron chi connectivity index (χ1n) is 8.05. The molecule has 0 amide bonds. The molecule has 2 nitrogen and oxygen atoms in total. The SMILES string of the molecule is CCN1CCC(c2cccc(Cl)c2)CC1N.Fc1ccccc1. The van der Waals surface area contributed by atoms with Crippen LogP contribution in [0.25, 0.3) is 0 Å². The van der Waals surface area contributed by atoms with Crippen molar-refractivity contribution in [3.05, 3.63) is 71.0 Å². The van der Waals surface area contributed by atoms with Gasteiger partial charge >= 0.3 is 0 Å². The topological polar surface area (TPSA) is 29.3 Å². The number of piperidine rings is 1. The fraction of sp³-hybridized carbons (Fsp3) is 0.368. The molecule has 1 fully saturated rings. The monoisotopic (exact) mass is 334 g/mol. The van der Waals surface area contributed by atoms with Crippen LogP contribution in [-0.4, -0.2) is 24.2 Å². The quantitative estimate of drug-likeness (QED) is 0.866. The van der Waals surface area contributed by atoms with Crippen molar-refractivity contribution in [3.8, 4) is 0 Å². The maximum atomic E-state index is 11.9. The van der Waals surface area contributed by atoms with Gasteiger partial charge in [0.05, 0.1) is 6.17 Å². The van der Waals surface area contributed by atoms with Crippen molar-refractivity contribution in [2.75, 3.05) is 13.1 Å². The Morgan fingerprint density at radius 2 is 1.91 bits per heavy atom. The number of halogens is 2. The highest BCUT2D eigenvalue weighted by Crippen LogP contribution is 2.30. The van der Waals surface area contributed by atoms with Crippen LogP contribution in [0.4, 0.5) is 4.39 Å². The lowest BCUT2D eigenvalue weighted by Gasteiger charge is -2.36. The zero-order chi connectivity index (χ0) is 16.7. The van der Waals surface area contributed by atoms with Crippen LogP contribution >= 0.6 is 11.6 Å². The summed E-state index contributed by atoms with van der Waals surface area (Å²) in [6.07, 6.45) is 2.42. The maximum absolute atomic E-state index is 11.9. The Balaban J connectivity index is 0.000000229. The van der Waals surface area contributed by atoms with Gasteiger partial charge in [-0.25, -0.2) is 4.39 Å². The van der Waals surface area contributed by atoms with Gasteiger partial charge in [0.1, 0.15) is 5.82 Å². The molecule has 1 heterocycles. The standard InChI is InChI=1S/C13H19ClN2.C6H5F/c1-2-16-7-6-11(9-13(16)15)10-4-3-5-12(14)8-10;7-6-4-2-1-3-5-6/h3-5,8,11,13H,2,6-7,9,15H2,1H3;1-5H. The number of nitrogens with zero attached hydrogens (tertiary/aromatic N) is 1. The van der Waals surface area contributed by atoms with Gasteiger partial charge in [-0.2, -0.15) is 0 Å². The van der Waals surface area contributed by atoms with Crippen LogP contribution in [0.15, 0.2) is 54.6 Å². The molecule has 124 valence electrons. The number of benzene rings is 2. The first kappa shape index (κ1) is 17.9. The number of rotatable bonds is 2. The molecule has 1 saturated heterocycles. The Morgan fingerprint density at radius 1 is 1.17 bits per heavy atom. The molecule has 0 radical (unpaired) electrons. The number of likely N-dealkylation sites (tertiary alicyclic amines) is 1. The largest absolute Gasteiger partial charge is 0.316 e. The molecule has 0 bridgehead atoms. The second kappa shape index (κ2) is 9.02. The first-order chi connectivity index (χ1) is 11.1. The molecule has 2 aromatic carbocycles. The highest BCUT2D eigenvalue weighted by Gasteiger charge is 2.25. The van der Waals surface area contributed by atoms with E-state index < -0.39 is 0 Å². The van der Waals surface area contributed by atoms with E-state index in [0.29, 0.717) is 5.92 Å². The van der Waals surface area contributed by atoms with Crippen molar-refractivity contribution in [1.82, 2.24) is 4.90 Å². The van der Waals surface area contributed by atoms with Crippen LogP contribution in [0.1, 0.15) is 31.2 Å². The van der Waals surface area contributed by atoms with Gasteiger partial charge in [-0.15, -0.1) is 0 Å². The van der Waals surface area contributed by atoms with Gasteiger partial charge in [0.25, 0.3) is 0 Å². The predicted molar refractivity (Wildman–Crippen MR) is 95.0 cm³/mol. The molecule has 0 aromatic heterocycles. The van der Waals surface area contributed by atoms with Gasteiger partial charge < -0.3 is 5.73 Å². The van der Waals surface area contributed by atoms with Crippen LogP contribution in [0, 0.1) is 5.82 Å². The van der Waals surface area contributed by atoms with Gasteiger partial charge in [-0.1, -0.05) is 48.9 Å². The van der Waals surface area contributed by atoms with E-state index in [1.165, 1.54) is 24.1 Å². The molecule has 1 aliphatic rings. The zero-order valence-corrected chi connectivity index (χ0v) is 14.2. The molecular formula is C19H24ClFN2. The molecule has 2 N–H and O–H groups in total. The molecule has 0 saturated carbocycles. The highest BCUT2D eigenvalue weighted by molar-refractivity contribution is 6.30. The van der Waals surface area contributed by atoms with Crippen LogP contribution < -0.4 is 5.73 Å². The molecule has 2 atom stereocenters. The molecular weight excluding hydrogens is 311 g/mol. The van der Waals surface area contributed by atoms with Crippen LogP contribution in [0.3, 0.4) is 0 Å². The Hall–Kier alpha value is -1.42. The minimum atomic E-state index is -0.178. The van der Waals surface area contributed by atoms with Crippen molar-refractivity contribution >= 4 is 11.6 Å². The number of nitrogens with two attached hydrogens (primary N) is 1. The third-order valence-corrected chi connectivity index (χ3v) is 4.45. The lowest BCUT2D eigenvalue weighted by Crippen LogP contribution is -2.47. The van der Waals surface area contributed by atoms with Gasteiger partial charge in [0.2, 0.25) is 0 Å². The van der Waals surface area contributed by atoms with Gasteiger partial charge in [-0.05, 0) is 55.1 Å². The summed E-state index contributed by atoms with van der Waals surface area (Å²) in [7, 11) is 0. The molecule has 3 rings (SSSR count). The fourth-order valence-corrected chi connectivity index (χ4v) is 3.12. The third-order valence-electron chi connectivity index (χ3n) is 4.22. The minimum Gasteiger partial charge on any atom is -0.316 e. The van der Waals surface area contributed by atoms with E-state index in [1.807, 2.05) is 12.1 Å². The van der Waals surface area contributed by atoms with Crippen molar-refractivity contribution in [3.63, 3.8) is 0 Å². The lowest BCUT2D eigenvalue weighted by molar-refractivity contribution is 0.146. The fourth-order valence-electron chi connectivity index (χ4n) is 2.92. The summed E-state index contributed by atoms with van der Waals surface area (Å²) in [4.78, 5) is 2.33. The second-order valence-corrected chi connectivity index (χ2v) is 6.20. The number of hydrogen-bond donors (Lipinski definition) is 1. The molecule has 2 aromatic rings. The Kier molecular flexibility index (Phi) is 7.03. The normalized spacial score (nSPS) is 21.4. The summed E-state index contributed by atoms with van der Waals surface area (Å²) < 4.78 is 11.9. The Labute approximate surface area is 143 Å². The summed E-state index contributed by atoms with van der Waals surface area (Å²) in [6.45, 7) is 4.30. The van der Waals surface area contributed by atoms with Crippen molar-refractivity contribution in [2.45, 2.75) is 31.8 Å². The lowest BCUT2D eigenvalue weighted by atomic mass is 9.88. The second-order valence-electron chi connectivity index (χ2n) is 5.77. The van der Waals surface area contributed by atoms with Crippen LogP contribution in [0.2, 0.25) is 5.02 Å². The zero-order valence-electron chi connectivity index (χ0n) is 13.5. The molecule has 1 aliphatic heterocycles. The average Bonchev–Trinajstić information content (AvgIpc) is 2.56. The van der Waals surface area contributed by atoms with Gasteiger partial charge in [-0.3, -0.25) is 4.90 Å². The van der Waals surface area contributed by atoms with Gasteiger partial charge in [0.15, 0.2) is 0 Å². The summed E-state index contributed by atoms with van der Waals surface area (Å²) >= 11 is 6.01.